The van der Waals surface area contributed by atoms with Crippen molar-refractivity contribution in [3.05, 3.63) is 0 Å². The van der Waals surface area contributed by atoms with Crippen molar-refractivity contribution in [2.75, 3.05) is 0 Å². The normalized spacial score (nSPS) is 28.9. The molecule has 5 heteroatoms. The van der Waals surface area contributed by atoms with Gasteiger partial charge in [-0.15, -0.1) is 11.8 Å². The standard InChI is InChI=1S/C9H16N2O2S/c1-8(2)6(7(10)13)11(5-12)9(3,4)14-8/h5-6H,1-4H3,(H2,10,13)/t6-/m0/s1. The number of rotatable bonds is 2. The highest BCUT2D eigenvalue weighted by Gasteiger charge is 2.53. The van der Waals surface area contributed by atoms with Gasteiger partial charge in [-0.2, -0.15) is 0 Å². The number of hydrogen-bond donors (Lipinski definition) is 1. The van der Waals surface area contributed by atoms with Gasteiger partial charge in [-0.1, -0.05) is 0 Å². The molecule has 4 nitrogen and oxygen atoms in total. The highest BCUT2D eigenvalue weighted by molar-refractivity contribution is 8.02. The lowest BCUT2D eigenvalue weighted by Gasteiger charge is -2.30. The van der Waals surface area contributed by atoms with Gasteiger partial charge in [0.1, 0.15) is 6.04 Å². The Balaban J connectivity index is 3.12. The second-order valence-electron chi connectivity index (χ2n) is 4.47. The quantitative estimate of drug-likeness (QED) is 0.686. The number of hydrogen-bond acceptors (Lipinski definition) is 3. The lowest BCUT2D eigenvalue weighted by molar-refractivity contribution is -0.133. The number of carbonyl (C=O) groups is 2. The van der Waals surface area contributed by atoms with E-state index in [-0.39, 0.29) is 9.62 Å². The third-order valence-electron chi connectivity index (χ3n) is 2.45. The minimum atomic E-state index is -0.528. The van der Waals surface area contributed by atoms with Gasteiger partial charge in [0, 0.05) is 4.75 Å². The SMILES string of the molecule is CC1(C)SC(C)(C)N(C=O)[C@H]1C(N)=O. The van der Waals surface area contributed by atoms with E-state index in [9.17, 15) is 9.59 Å². The molecule has 0 aromatic carbocycles. The predicted molar refractivity (Wildman–Crippen MR) is 56.6 cm³/mol. The van der Waals surface area contributed by atoms with Crippen LogP contribution in [0.25, 0.3) is 0 Å². The molecule has 14 heavy (non-hydrogen) atoms. The molecule has 0 bridgehead atoms. The molecule has 2 amide bonds. The van der Waals surface area contributed by atoms with E-state index in [1.165, 1.54) is 4.90 Å². The minimum Gasteiger partial charge on any atom is -0.368 e. The summed E-state index contributed by atoms with van der Waals surface area (Å²) in [7, 11) is 0. The van der Waals surface area contributed by atoms with Crippen LogP contribution in [0, 0.1) is 0 Å². The fourth-order valence-corrected chi connectivity index (χ4v) is 3.95. The van der Waals surface area contributed by atoms with Crippen LogP contribution in [0.1, 0.15) is 27.7 Å². The highest BCUT2D eigenvalue weighted by Crippen LogP contribution is 2.49. The van der Waals surface area contributed by atoms with E-state index in [2.05, 4.69) is 0 Å². The maximum atomic E-state index is 11.3. The first kappa shape index (κ1) is 11.4. The van der Waals surface area contributed by atoms with Gasteiger partial charge in [0.25, 0.3) is 0 Å². The monoisotopic (exact) mass is 216 g/mol. The molecule has 0 radical (unpaired) electrons. The van der Waals surface area contributed by atoms with Gasteiger partial charge in [0.15, 0.2) is 0 Å². The van der Waals surface area contributed by atoms with Crippen LogP contribution in [0.5, 0.6) is 0 Å². The Morgan fingerprint density at radius 1 is 1.43 bits per heavy atom. The van der Waals surface area contributed by atoms with Crippen LogP contribution in [-0.2, 0) is 9.59 Å². The molecule has 1 aliphatic rings. The van der Waals surface area contributed by atoms with Crippen LogP contribution >= 0.6 is 11.8 Å². The van der Waals surface area contributed by atoms with Crippen molar-refractivity contribution in [1.82, 2.24) is 4.90 Å². The van der Waals surface area contributed by atoms with Crippen molar-refractivity contribution < 1.29 is 9.59 Å². The molecule has 1 fully saturated rings. The smallest absolute Gasteiger partial charge is 0.241 e. The summed E-state index contributed by atoms with van der Waals surface area (Å²) in [5.74, 6) is -0.444. The Kier molecular flexibility index (Phi) is 2.56. The Bertz CT molecular complexity index is 276. The zero-order chi connectivity index (χ0) is 11.1. The van der Waals surface area contributed by atoms with Crippen LogP contribution in [0.2, 0.25) is 0 Å². The maximum absolute atomic E-state index is 11.3. The molecule has 0 aromatic heterocycles. The van der Waals surface area contributed by atoms with Gasteiger partial charge < -0.3 is 10.6 Å². The Labute approximate surface area is 88.2 Å². The molecule has 1 aliphatic heterocycles. The van der Waals surface area contributed by atoms with E-state index in [0.29, 0.717) is 6.41 Å². The first-order chi connectivity index (χ1) is 6.22. The van der Waals surface area contributed by atoms with Crippen LogP contribution in [0.4, 0.5) is 0 Å². The summed E-state index contributed by atoms with van der Waals surface area (Å²) in [5, 5.41) is 0. The van der Waals surface area contributed by atoms with Crippen LogP contribution in [0.3, 0.4) is 0 Å². The maximum Gasteiger partial charge on any atom is 0.241 e. The molecule has 0 unspecified atom stereocenters. The molecular weight excluding hydrogens is 200 g/mol. The second-order valence-corrected chi connectivity index (χ2v) is 6.73. The van der Waals surface area contributed by atoms with Crippen LogP contribution in [0.15, 0.2) is 0 Å². The molecule has 1 saturated heterocycles. The van der Waals surface area contributed by atoms with Gasteiger partial charge >= 0.3 is 0 Å². The summed E-state index contributed by atoms with van der Waals surface area (Å²) in [6.07, 6.45) is 0.706. The van der Waals surface area contributed by atoms with Crippen LogP contribution in [-0.4, -0.2) is 32.9 Å². The Morgan fingerprint density at radius 2 is 1.93 bits per heavy atom. The number of thioether (sulfide) groups is 1. The number of primary amides is 1. The molecular formula is C9H16N2O2S. The minimum absolute atomic E-state index is 0.323. The van der Waals surface area contributed by atoms with Crippen LogP contribution < -0.4 is 5.73 Å². The van der Waals surface area contributed by atoms with Gasteiger partial charge in [-0.05, 0) is 27.7 Å². The highest BCUT2D eigenvalue weighted by atomic mass is 32.2. The fourth-order valence-electron chi connectivity index (χ4n) is 2.07. The summed E-state index contributed by atoms with van der Waals surface area (Å²) >= 11 is 1.59. The Morgan fingerprint density at radius 3 is 2.21 bits per heavy atom. The van der Waals surface area contributed by atoms with Gasteiger partial charge in [-0.25, -0.2) is 0 Å². The first-order valence-corrected chi connectivity index (χ1v) is 5.27. The van der Waals surface area contributed by atoms with Crippen molar-refractivity contribution in [3.8, 4) is 0 Å². The number of carbonyl (C=O) groups excluding carboxylic acids is 2. The van der Waals surface area contributed by atoms with Crippen molar-refractivity contribution >= 4 is 24.1 Å². The second kappa shape index (κ2) is 3.15. The molecule has 0 saturated carbocycles. The topological polar surface area (TPSA) is 63.4 Å². The summed E-state index contributed by atoms with van der Waals surface area (Å²) in [4.78, 5) is 23.3. The van der Waals surface area contributed by atoms with Crippen molar-refractivity contribution in [3.63, 3.8) is 0 Å². The van der Waals surface area contributed by atoms with E-state index in [0.717, 1.165) is 0 Å². The van der Waals surface area contributed by atoms with E-state index in [1.54, 1.807) is 11.8 Å². The molecule has 0 spiro atoms. The predicted octanol–water partition coefficient (Wildman–Crippen LogP) is 0.560. The lowest BCUT2D eigenvalue weighted by atomic mass is 10.0. The summed E-state index contributed by atoms with van der Waals surface area (Å²) in [5.41, 5.74) is 5.31. The third kappa shape index (κ3) is 1.61. The third-order valence-corrected chi connectivity index (χ3v) is 3.91. The fraction of sp³-hybridized carbons (Fsp3) is 0.778. The van der Waals surface area contributed by atoms with Gasteiger partial charge in [0.2, 0.25) is 12.3 Å². The Hall–Kier alpha value is -0.710. The summed E-state index contributed by atoms with van der Waals surface area (Å²) in [6, 6.07) is -0.528. The zero-order valence-corrected chi connectivity index (χ0v) is 9.72. The molecule has 1 rings (SSSR count). The lowest BCUT2D eigenvalue weighted by Crippen LogP contribution is -2.52. The molecule has 1 atom stereocenters. The average molecular weight is 216 g/mol. The number of nitrogens with two attached hydrogens (primary N) is 1. The van der Waals surface area contributed by atoms with Gasteiger partial charge in [0.05, 0.1) is 4.87 Å². The largest absolute Gasteiger partial charge is 0.368 e. The van der Waals surface area contributed by atoms with Crippen molar-refractivity contribution in [1.29, 1.82) is 0 Å². The number of amides is 2. The van der Waals surface area contributed by atoms with Crippen molar-refractivity contribution in [2.45, 2.75) is 43.4 Å². The van der Waals surface area contributed by atoms with Crippen molar-refractivity contribution in [2.24, 2.45) is 5.73 Å². The summed E-state index contributed by atoms with van der Waals surface area (Å²) in [6.45, 7) is 7.68. The average Bonchev–Trinajstić information content (AvgIpc) is 2.13. The molecule has 2 N–H and O–H groups in total. The molecule has 1 heterocycles. The van der Waals surface area contributed by atoms with E-state index < -0.39 is 11.9 Å². The first-order valence-electron chi connectivity index (χ1n) is 4.45. The van der Waals surface area contributed by atoms with E-state index in [4.69, 9.17) is 5.73 Å². The summed E-state index contributed by atoms with van der Waals surface area (Å²) < 4.78 is -0.323. The molecule has 0 aromatic rings. The van der Waals surface area contributed by atoms with E-state index in [1.807, 2.05) is 27.7 Å². The number of nitrogens with zero attached hydrogens (tertiary/aromatic N) is 1. The zero-order valence-electron chi connectivity index (χ0n) is 8.90. The molecule has 80 valence electrons. The van der Waals surface area contributed by atoms with E-state index >= 15 is 0 Å². The van der Waals surface area contributed by atoms with Gasteiger partial charge in [-0.3, -0.25) is 9.59 Å². The molecule has 0 aliphatic carbocycles.